The molecule has 1 aliphatic heterocycles. The lowest BCUT2D eigenvalue weighted by atomic mass is 10.1. The zero-order valence-corrected chi connectivity index (χ0v) is 17.3. The van der Waals surface area contributed by atoms with Gasteiger partial charge in [0, 0.05) is 19.1 Å². The van der Waals surface area contributed by atoms with Crippen LogP contribution >= 0.6 is 0 Å². The fourth-order valence-electron chi connectivity index (χ4n) is 3.24. The summed E-state index contributed by atoms with van der Waals surface area (Å²) in [5.74, 6) is 0.0879. The van der Waals surface area contributed by atoms with Crippen molar-refractivity contribution in [2.75, 3.05) is 19.7 Å². The lowest BCUT2D eigenvalue weighted by Crippen LogP contribution is -2.47. The Kier molecular flexibility index (Phi) is 6.54. The molecule has 0 bridgehead atoms. The first kappa shape index (κ1) is 21.3. The predicted octanol–water partition coefficient (Wildman–Crippen LogP) is 2.79. The van der Waals surface area contributed by atoms with Crippen molar-refractivity contribution in [1.29, 1.82) is 0 Å². The molecule has 6 nitrogen and oxygen atoms in total. The first-order valence-corrected chi connectivity index (χ1v) is 11.0. The Balaban J connectivity index is 1.50. The quantitative estimate of drug-likeness (QED) is 0.780. The molecule has 1 saturated heterocycles. The van der Waals surface area contributed by atoms with Gasteiger partial charge in [0.25, 0.3) is 5.91 Å². The molecular formula is C21H25FN2O4S. The van der Waals surface area contributed by atoms with Crippen LogP contribution in [0.1, 0.15) is 24.0 Å². The van der Waals surface area contributed by atoms with E-state index in [9.17, 15) is 17.6 Å². The fraction of sp³-hybridized carbons (Fsp3) is 0.381. The number of hydrogen-bond acceptors (Lipinski definition) is 4. The van der Waals surface area contributed by atoms with E-state index in [2.05, 4.69) is 4.72 Å². The molecule has 0 atom stereocenters. The maximum absolute atomic E-state index is 13.0. The van der Waals surface area contributed by atoms with Gasteiger partial charge in [-0.05, 0) is 68.1 Å². The van der Waals surface area contributed by atoms with Gasteiger partial charge in [0.15, 0.2) is 6.61 Å². The van der Waals surface area contributed by atoms with Gasteiger partial charge in [0.2, 0.25) is 10.0 Å². The standard InChI is InChI=1S/C21H25FN2O4S/c1-15-3-4-16(2)20(13-15)28-14-21(25)24-11-9-18(10-12-24)23-29(26,27)19-7-5-17(22)6-8-19/h3-8,13,18,23H,9-12,14H2,1-2H3. The number of rotatable bonds is 6. The number of halogens is 1. The van der Waals surface area contributed by atoms with E-state index in [1.807, 2.05) is 32.0 Å². The third-order valence-corrected chi connectivity index (χ3v) is 6.52. The molecule has 1 N–H and O–H groups in total. The highest BCUT2D eigenvalue weighted by atomic mass is 32.2. The second kappa shape index (κ2) is 8.92. The number of nitrogens with zero attached hydrogens (tertiary/aromatic N) is 1. The summed E-state index contributed by atoms with van der Waals surface area (Å²) in [6, 6.07) is 10.3. The summed E-state index contributed by atoms with van der Waals surface area (Å²) in [4.78, 5) is 14.2. The van der Waals surface area contributed by atoms with Gasteiger partial charge in [-0.3, -0.25) is 4.79 Å². The molecule has 0 unspecified atom stereocenters. The number of piperidine rings is 1. The normalized spacial score (nSPS) is 15.3. The molecule has 0 aromatic heterocycles. The third-order valence-electron chi connectivity index (χ3n) is 4.99. The summed E-state index contributed by atoms with van der Waals surface area (Å²) in [5.41, 5.74) is 2.03. The summed E-state index contributed by atoms with van der Waals surface area (Å²) < 4.78 is 46.1. The average molecular weight is 421 g/mol. The van der Waals surface area contributed by atoms with Crippen LogP contribution in [0.4, 0.5) is 4.39 Å². The minimum absolute atomic E-state index is 0.0272. The molecule has 29 heavy (non-hydrogen) atoms. The zero-order valence-electron chi connectivity index (χ0n) is 16.5. The molecule has 1 heterocycles. The van der Waals surface area contributed by atoms with Crippen LogP contribution in [0.25, 0.3) is 0 Å². The van der Waals surface area contributed by atoms with Crippen molar-refractivity contribution in [1.82, 2.24) is 9.62 Å². The number of amides is 1. The number of carbonyl (C=O) groups excluding carboxylic acids is 1. The summed E-state index contributed by atoms with van der Waals surface area (Å²) >= 11 is 0. The van der Waals surface area contributed by atoms with Crippen LogP contribution in [0.15, 0.2) is 47.4 Å². The number of hydrogen-bond donors (Lipinski definition) is 1. The molecule has 1 fully saturated rings. The fourth-order valence-corrected chi connectivity index (χ4v) is 4.55. The molecule has 0 spiro atoms. The van der Waals surface area contributed by atoms with Crippen molar-refractivity contribution in [2.24, 2.45) is 0 Å². The molecule has 2 aromatic rings. The maximum atomic E-state index is 13.0. The van der Waals surface area contributed by atoms with Crippen LogP contribution < -0.4 is 9.46 Å². The summed E-state index contributed by atoms with van der Waals surface area (Å²) in [6.07, 6.45) is 1.02. The second-order valence-corrected chi connectivity index (χ2v) is 9.00. The Hall–Kier alpha value is -2.45. The van der Waals surface area contributed by atoms with E-state index < -0.39 is 15.8 Å². The highest BCUT2D eigenvalue weighted by molar-refractivity contribution is 7.89. The first-order chi connectivity index (χ1) is 13.7. The monoisotopic (exact) mass is 420 g/mol. The summed E-state index contributed by atoms with van der Waals surface area (Å²) in [7, 11) is -3.71. The Morgan fingerprint density at radius 3 is 2.45 bits per heavy atom. The molecule has 8 heteroatoms. The van der Waals surface area contributed by atoms with Crippen LogP contribution in [-0.4, -0.2) is 45.0 Å². The maximum Gasteiger partial charge on any atom is 0.260 e. The van der Waals surface area contributed by atoms with Gasteiger partial charge in [0.1, 0.15) is 11.6 Å². The number of sulfonamides is 1. The number of ether oxygens (including phenoxy) is 1. The van der Waals surface area contributed by atoms with Gasteiger partial charge in [-0.1, -0.05) is 12.1 Å². The smallest absolute Gasteiger partial charge is 0.260 e. The largest absolute Gasteiger partial charge is 0.483 e. The molecule has 156 valence electrons. The van der Waals surface area contributed by atoms with E-state index in [-0.39, 0.29) is 23.5 Å². The van der Waals surface area contributed by atoms with Gasteiger partial charge < -0.3 is 9.64 Å². The molecule has 1 amide bonds. The minimum Gasteiger partial charge on any atom is -0.483 e. The lowest BCUT2D eigenvalue weighted by Gasteiger charge is -2.32. The zero-order chi connectivity index (χ0) is 21.0. The highest BCUT2D eigenvalue weighted by Crippen LogP contribution is 2.20. The third kappa shape index (κ3) is 5.55. The number of nitrogens with one attached hydrogen (secondary N) is 1. The minimum atomic E-state index is -3.71. The number of carbonyl (C=O) groups is 1. The van der Waals surface area contributed by atoms with Crippen molar-refractivity contribution >= 4 is 15.9 Å². The van der Waals surface area contributed by atoms with E-state index in [1.165, 1.54) is 12.1 Å². The molecular weight excluding hydrogens is 395 g/mol. The highest BCUT2D eigenvalue weighted by Gasteiger charge is 2.27. The van der Waals surface area contributed by atoms with Gasteiger partial charge in [-0.15, -0.1) is 0 Å². The predicted molar refractivity (Wildman–Crippen MR) is 108 cm³/mol. The van der Waals surface area contributed by atoms with Gasteiger partial charge in [0.05, 0.1) is 4.90 Å². The van der Waals surface area contributed by atoms with E-state index in [1.54, 1.807) is 4.90 Å². The molecule has 0 radical (unpaired) electrons. The van der Waals surface area contributed by atoms with E-state index in [4.69, 9.17) is 4.74 Å². The van der Waals surface area contributed by atoms with Gasteiger partial charge in [-0.2, -0.15) is 0 Å². The Bertz CT molecular complexity index is 969. The average Bonchev–Trinajstić information content (AvgIpc) is 2.69. The van der Waals surface area contributed by atoms with Crippen LogP contribution in [0.3, 0.4) is 0 Å². The van der Waals surface area contributed by atoms with Gasteiger partial charge >= 0.3 is 0 Å². The number of aryl methyl sites for hydroxylation is 2. The summed E-state index contributed by atoms with van der Waals surface area (Å²) in [6.45, 7) is 4.75. The topological polar surface area (TPSA) is 75.7 Å². The SMILES string of the molecule is Cc1ccc(C)c(OCC(=O)N2CCC(NS(=O)(=O)c3ccc(F)cc3)CC2)c1. The van der Waals surface area contributed by atoms with Crippen LogP contribution in [0.5, 0.6) is 5.75 Å². The van der Waals surface area contributed by atoms with Crippen molar-refractivity contribution in [2.45, 2.75) is 37.6 Å². The van der Waals surface area contributed by atoms with Crippen molar-refractivity contribution in [3.05, 3.63) is 59.4 Å². The lowest BCUT2D eigenvalue weighted by molar-refractivity contribution is -0.134. The summed E-state index contributed by atoms with van der Waals surface area (Å²) in [5, 5.41) is 0. The number of likely N-dealkylation sites (tertiary alicyclic amines) is 1. The van der Waals surface area contributed by atoms with Crippen molar-refractivity contribution in [3.63, 3.8) is 0 Å². The molecule has 1 aliphatic rings. The van der Waals surface area contributed by atoms with E-state index >= 15 is 0 Å². The Morgan fingerprint density at radius 1 is 1.14 bits per heavy atom. The van der Waals surface area contributed by atoms with Crippen LogP contribution in [-0.2, 0) is 14.8 Å². The molecule has 3 rings (SSSR count). The van der Waals surface area contributed by atoms with Crippen molar-refractivity contribution in [3.8, 4) is 5.75 Å². The van der Waals surface area contributed by atoms with E-state index in [0.717, 1.165) is 23.3 Å². The molecule has 0 aliphatic carbocycles. The van der Waals surface area contributed by atoms with E-state index in [0.29, 0.717) is 31.7 Å². The van der Waals surface area contributed by atoms with Crippen LogP contribution in [0, 0.1) is 19.7 Å². The van der Waals surface area contributed by atoms with Gasteiger partial charge in [-0.25, -0.2) is 17.5 Å². The van der Waals surface area contributed by atoms with Crippen molar-refractivity contribution < 1.29 is 22.3 Å². The molecule has 0 saturated carbocycles. The van der Waals surface area contributed by atoms with Crippen LogP contribution in [0.2, 0.25) is 0 Å². The first-order valence-electron chi connectivity index (χ1n) is 9.50. The Morgan fingerprint density at radius 2 is 1.79 bits per heavy atom. The number of benzene rings is 2. The molecule has 2 aromatic carbocycles. The second-order valence-electron chi connectivity index (χ2n) is 7.29. The Labute approximate surface area is 170 Å².